The minimum Gasteiger partial charge on any atom is -0.323 e. The van der Waals surface area contributed by atoms with Crippen molar-refractivity contribution in [1.82, 2.24) is 4.98 Å². The zero-order valence-corrected chi connectivity index (χ0v) is 9.51. The summed E-state index contributed by atoms with van der Waals surface area (Å²) in [4.78, 5) is 15.6. The van der Waals surface area contributed by atoms with Gasteiger partial charge >= 0.3 is 0 Å². The molecular formula is C11H13ClN2O. The lowest BCUT2D eigenvalue weighted by atomic mass is 10.2. The third-order valence-electron chi connectivity index (χ3n) is 2.81. The summed E-state index contributed by atoms with van der Waals surface area (Å²) in [5.74, 6) is 0.710. The summed E-state index contributed by atoms with van der Waals surface area (Å²) >= 11 is 5.91. The molecular weight excluding hydrogens is 212 g/mol. The lowest BCUT2D eigenvalue weighted by Crippen LogP contribution is -2.15. The van der Waals surface area contributed by atoms with E-state index < -0.39 is 0 Å². The number of carbonyl (C=O) groups excluding carboxylic acids is 1. The van der Waals surface area contributed by atoms with Crippen molar-refractivity contribution in [2.45, 2.75) is 20.3 Å². The molecule has 15 heavy (non-hydrogen) atoms. The molecule has 1 aliphatic rings. The van der Waals surface area contributed by atoms with Gasteiger partial charge in [0.2, 0.25) is 5.91 Å². The van der Waals surface area contributed by atoms with Gasteiger partial charge in [0.1, 0.15) is 0 Å². The molecule has 1 aromatic heterocycles. The average molecular weight is 225 g/mol. The van der Waals surface area contributed by atoms with E-state index in [1.54, 1.807) is 6.20 Å². The minimum absolute atomic E-state index is 0.0560. The molecule has 1 aliphatic carbocycles. The van der Waals surface area contributed by atoms with E-state index in [2.05, 4.69) is 17.2 Å². The van der Waals surface area contributed by atoms with Crippen LogP contribution in [0.5, 0.6) is 0 Å². The maximum Gasteiger partial charge on any atom is 0.227 e. The molecule has 1 saturated carbocycles. The van der Waals surface area contributed by atoms with Crippen molar-refractivity contribution < 1.29 is 4.79 Å². The lowest BCUT2D eigenvalue weighted by molar-refractivity contribution is -0.117. The van der Waals surface area contributed by atoms with Gasteiger partial charge in [0.25, 0.3) is 0 Å². The molecule has 0 bridgehead atoms. The third kappa shape index (κ3) is 2.12. The molecule has 1 fully saturated rings. The molecule has 1 heterocycles. The van der Waals surface area contributed by atoms with E-state index in [9.17, 15) is 4.79 Å². The highest BCUT2D eigenvalue weighted by atomic mass is 35.5. The maximum atomic E-state index is 11.7. The highest BCUT2D eigenvalue weighted by Crippen LogP contribution is 2.39. The number of rotatable bonds is 2. The summed E-state index contributed by atoms with van der Waals surface area (Å²) in [6.07, 6.45) is 2.61. The van der Waals surface area contributed by atoms with Gasteiger partial charge in [-0.25, -0.2) is 4.98 Å². The number of nitrogens with one attached hydrogen (secondary N) is 1. The van der Waals surface area contributed by atoms with Crippen LogP contribution in [0.3, 0.4) is 0 Å². The van der Waals surface area contributed by atoms with E-state index in [1.165, 1.54) is 0 Å². The topological polar surface area (TPSA) is 42.0 Å². The molecule has 4 heteroatoms. The first-order valence-electron chi connectivity index (χ1n) is 5.01. The smallest absolute Gasteiger partial charge is 0.227 e. The van der Waals surface area contributed by atoms with Gasteiger partial charge < -0.3 is 5.32 Å². The van der Waals surface area contributed by atoms with Crippen LogP contribution in [0.4, 0.5) is 5.69 Å². The van der Waals surface area contributed by atoms with Crippen molar-refractivity contribution in [3.8, 4) is 0 Å². The van der Waals surface area contributed by atoms with Crippen molar-refractivity contribution in [2.24, 2.45) is 11.8 Å². The van der Waals surface area contributed by atoms with Gasteiger partial charge in [-0.2, -0.15) is 0 Å². The van der Waals surface area contributed by atoms with Crippen molar-refractivity contribution in [3.05, 3.63) is 23.0 Å². The van der Waals surface area contributed by atoms with E-state index in [-0.39, 0.29) is 11.8 Å². The summed E-state index contributed by atoms with van der Waals surface area (Å²) in [7, 11) is 0. The molecule has 2 atom stereocenters. The molecule has 2 unspecified atom stereocenters. The predicted molar refractivity (Wildman–Crippen MR) is 59.9 cm³/mol. The number of anilines is 1. The fourth-order valence-electron chi connectivity index (χ4n) is 1.58. The van der Waals surface area contributed by atoms with Gasteiger partial charge in [-0.3, -0.25) is 4.79 Å². The first-order valence-corrected chi connectivity index (χ1v) is 5.39. The van der Waals surface area contributed by atoms with Crippen LogP contribution in [0.15, 0.2) is 12.3 Å². The summed E-state index contributed by atoms with van der Waals surface area (Å²) in [6, 6.07) is 1.83. The number of halogens is 1. The Kier molecular flexibility index (Phi) is 2.65. The van der Waals surface area contributed by atoms with Crippen LogP contribution in [-0.4, -0.2) is 10.9 Å². The molecule has 1 N–H and O–H groups in total. The van der Waals surface area contributed by atoms with Crippen molar-refractivity contribution in [2.75, 3.05) is 5.32 Å². The second kappa shape index (κ2) is 3.81. The van der Waals surface area contributed by atoms with Crippen molar-refractivity contribution in [3.63, 3.8) is 0 Å². The standard InChI is InChI=1S/C11H13ClN2O/c1-6-3-4-13-10(12)9(6)14-11(15)8-5-7(8)2/h3-4,7-8H,5H2,1-2H3,(H,14,15). The zero-order chi connectivity index (χ0) is 11.0. The first kappa shape index (κ1) is 10.4. The van der Waals surface area contributed by atoms with Crippen LogP contribution >= 0.6 is 11.6 Å². The second-order valence-electron chi connectivity index (χ2n) is 4.10. The van der Waals surface area contributed by atoms with Crippen LogP contribution in [0.25, 0.3) is 0 Å². The molecule has 0 aliphatic heterocycles. The number of carbonyl (C=O) groups is 1. The molecule has 1 amide bonds. The Bertz CT molecular complexity index is 385. The number of amides is 1. The van der Waals surface area contributed by atoms with Gasteiger partial charge in [-0.05, 0) is 30.9 Å². The van der Waals surface area contributed by atoms with Gasteiger partial charge in [-0.15, -0.1) is 0 Å². The summed E-state index contributed by atoms with van der Waals surface area (Å²) in [6.45, 7) is 3.97. The van der Waals surface area contributed by atoms with E-state index in [4.69, 9.17) is 11.6 Å². The zero-order valence-electron chi connectivity index (χ0n) is 8.75. The highest BCUT2D eigenvalue weighted by molar-refractivity contribution is 6.32. The SMILES string of the molecule is Cc1ccnc(Cl)c1NC(=O)C1CC1C. The predicted octanol–water partition coefficient (Wildman–Crippen LogP) is 2.64. The number of nitrogens with zero attached hydrogens (tertiary/aromatic N) is 1. The Morgan fingerprint density at radius 3 is 2.87 bits per heavy atom. The Labute approximate surface area is 93.8 Å². The molecule has 3 nitrogen and oxygen atoms in total. The summed E-state index contributed by atoms with van der Waals surface area (Å²) in [5, 5.41) is 3.20. The van der Waals surface area contributed by atoms with Crippen LogP contribution in [0.1, 0.15) is 18.9 Å². The number of aryl methyl sites for hydroxylation is 1. The number of aromatic nitrogens is 1. The van der Waals surface area contributed by atoms with Crippen LogP contribution in [-0.2, 0) is 4.79 Å². The summed E-state index contributed by atoms with van der Waals surface area (Å²) < 4.78 is 0. The average Bonchev–Trinajstić information content (AvgIpc) is 2.89. The Hall–Kier alpha value is -1.09. The molecule has 0 saturated heterocycles. The maximum absolute atomic E-state index is 11.7. The summed E-state index contributed by atoms with van der Waals surface area (Å²) in [5.41, 5.74) is 1.58. The first-order chi connectivity index (χ1) is 7.09. The monoisotopic (exact) mass is 224 g/mol. The third-order valence-corrected chi connectivity index (χ3v) is 3.09. The van der Waals surface area contributed by atoms with Crippen LogP contribution in [0, 0.1) is 18.8 Å². The number of hydrogen-bond acceptors (Lipinski definition) is 2. The fraction of sp³-hybridized carbons (Fsp3) is 0.455. The largest absolute Gasteiger partial charge is 0.323 e. The van der Waals surface area contributed by atoms with E-state index in [0.717, 1.165) is 12.0 Å². The molecule has 0 radical (unpaired) electrons. The normalized spacial score (nSPS) is 23.7. The number of hydrogen-bond donors (Lipinski definition) is 1. The van der Waals surface area contributed by atoms with Crippen molar-refractivity contribution in [1.29, 1.82) is 0 Å². The van der Waals surface area contributed by atoms with E-state index >= 15 is 0 Å². The van der Waals surface area contributed by atoms with Gasteiger partial charge in [0.05, 0.1) is 5.69 Å². The van der Waals surface area contributed by atoms with Gasteiger partial charge in [-0.1, -0.05) is 18.5 Å². The van der Waals surface area contributed by atoms with Gasteiger partial charge in [0.15, 0.2) is 5.15 Å². The van der Waals surface area contributed by atoms with Crippen molar-refractivity contribution >= 4 is 23.2 Å². The van der Waals surface area contributed by atoms with E-state index in [1.807, 2.05) is 13.0 Å². The Balaban J connectivity index is 2.13. The molecule has 0 aromatic carbocycles. The Morgan fingerprint density at radius 2 is 2.33 bits per heavy atom. The van der Waals surface area contributed by atoms with Crippen LogP contribution in [0.2, 0.25) is 5.15 Å². The molecule has 2 rings (SSSR count). The quantitative estimate of drug-likeness (QED) is 0.785. The Morgan fingerprint density at radius 1 is 1.67 bits per heavy atom. The molecule has 0 spiro atoms. The van der Waals surface area contributed by atoms with Crippen LogP contribution < -0.4 is 5.32 Å². The fourth-order valence-corrected chi connectivity index (χ4v) is 1.83. The molecule has 80 valence electrons. The molecule has 1 aromatic rings. The number of pyridine rings is 1. The minimum atomic E-state index is 0.0560. The highest BCUT2D eigenvalue weighted by Gasteiger charge is 2.39. The lowest BCUT2D eigenvalue weighted by Gasteiger charge is -2.08. The van der Waals surface area contributed by atoms with Gasteiger partial charge in [0, 0.05) is 12.1 Å². The van der Waals surface area contributed by atoms with E-state index in [0.29, 0.717) is 16.8 Å². The second-order valence-corrected chi connectivity index (χ2v) is 4.46.